The minimum Gasteiger partial charge on any atom is -0.333 e. The van der Waals surface area contributed by atoms with Crippen LogP contribution in [0.3, 0.4) is 0 Å². The lowest BCUT2D eigenvalue weighted by Gasteiger charge is -2.29. The summed E-state index contributed by atoms with van der Waals surface area (Å²) in [4.78, 5) is 2.53. The molecule has 0 amide bonds. The highest BCUT2D eigenvalue weighted by Crippen LogP contribution is 2.53. The van der Waals surface area contributed by atoms with Crippen LogP contribution in [0.1, 0.15) is 60.2 Å². The highest BCUT2D eigenvalue weighted by atomic mass is 15.2. The third-order valence-electron chi connectivity index (χ3n) is 14.1. The van der Waals surface area contributed by atoms with Gasteiger partial charge in [-0.15, -0.1) is 0 Å². The van der Waals surface area contributed by atoms with E-state index in [1.807, 2.05) is 0 Å². The van der Waals surface area contributed by atoms with Crippen molar-refractivity contribution in [3.05, 3.63) is 209 Å². The van der Waals surface area contributed by atoms with Crippen molar-refractivity contribution in [3.8, 4) is 22.5 Å². The van der Waals surface area contributed by atoms with E-state index in [-0.39, 0.29) is 5.41 Å². The monoisotopic (exact) mass is 769 g/mol. The predicted molar refractivity (Wildman–Crippen MR) is 252 cm³/mol. The predicted octanol–water partition coefficient (Wildman–Crippen LogP) is 14.4. The Morgan fingerprint density at radius 2 is 1.30 bits per heavy atom. The Hall–Kier alpha value is -7.10. The number of hydrogen-bond donors (Lipinski definition) is 0. The van der Waals surface area contributed by atoms with Crippen molar-refractivity contribution >= 4 is 61.3 Å². The minimum atomic E-state index is -0.170. The van der Waals surface area contributed by atoms with E-state index in [2.05, 4.69) is 210 Å². The molecular formula is C57H43N3. The van der Waals surface area contributed by atoms with E-state index in [1.54, 1.807) is 0 Å². The van der Waals surface area contributed by atoms with Gasteiger partial charge >= 0.3 is 0 Å². The van der Waals surface area contributed by atoms with E-state index in [9.17, 15) is 0 Å². The Morgan fingerprint density at radius 3 is 2.17 bits per heavy atom. The summed E-state index contributed by atoms with van der Waals surface area (Å²) < 4.78 is 5.01. The molecule has 1 aliphatic heterocycles. The Balaban J connectivity index is 0.919. The van der Waals surface area contributed by atoms with Crippen LogP contribution >= 0.6 is 0 Å². The quantitative estimate of drug-likeness (QED) is 0.174. The second-order valence-electron chi connectivity index (χ2n) is 17.6. The average molecular weight is 770 g/mol. The second kappa shape index (κ2) is 12.5. The number of hydrogen-bond acceptors (Lipinski definition) is 1. The molecule has 9 aromatic rings. The lowest BCUT2D eigenvalue weighted by atomic mass is 9.82. The van der Waals surface area contributed by atoms with E-state index in [4.69, 9.17) is 0 Å². The molecule has 3 nitrogen and oxygen atoms in total. The van der Waals surface area contributed by atoms with Crippen molar-refractivity contribution in [3.63, 3.8) is 0 Å². The van der Waals surface area contributed by atoms with Gasteiger partial charge in [0.2, 0.25) is 0 Å². The van der Waals surface area contributed by atoms with E-state index < -0.39 is 0 Å². The molecule has 0 N–H and O–H groups in total. The zero-order chi connectivity index (χ0) is 39.7. The van der Waals surface area contributed by atoms with Crippen LogP contribution in [0.4, 0.5) is 11.4 Å². The molecule has 0 saturated carbocycles. The van der Waals surface area contributed by atoms with Gasteiger partial charge in [0.25, 0.3) is 0 Å². The van der Waals surface area contributed by atoms with Gasteiger partial charge in [0, 0.05) is 61.1 Å². The highest BCUT2D eigenvalue weighted by molar-refractivity contribution is 6.12. The van der Waals surface area contributed by atoms with Crippen LogP contribution < -0.4 is 4.90 Å². The molecule has 3 heterocycles. The molecular weight excluding hydrogens is 727 g/mol. The fraction of sp³-hybridized carbons (Fsp3) is 0.123. The minimum absolute atomic E-state index is 0.170. The third-order valence-corrected chi connectivity index (χ3v) is 14.1. The van der Waals surface area contributed by atoms with Crippen LogP contribution in [0.2, 0.25) is 0 Å². The number of aromatic nitrogens is 2. The Bertz CT molecular complexity index is 3370. The van der Waals surface area contributed by atoms with Crippen molar-refractivity contribution in [2.45, 2.75) is 44.6 Å². The molecule has 0 radical (unpaired) electrons. The Labute approximate surface area is 350 Å². The summed E-state index contributed by atoms with van der Waals surface area (Å²) in [5.41, 5.74) is 22.2. The first-order valence-corrected chi connectivity index (χ1v) is 21.5. The molecule has 60 heavy (non-hydrogen) atoms. The summed E-state index contributed by atoms with van der Waals surface area (Å²) in [6.07, 6.45) is 12.7. The largest absolute Gasteiger partial charge is 0.333 e. The molecule has 0 saturated heterocycles. The molecule has 286 valence electrons. The number of allylic oxidation sites excluding steroid dienone is 3. The van der Waals surface area contributed by atoms with Gasteiger partial charge in [0.1, 0.15) is 0 Å². The molecule has 1 atom stereocenters. The van der Waals surface area contributed by atoms with Gasteiger partial charge in [-0.1, -0.05) is 117 Å². The van der Waals surface area contributed by atoms with E-state index in [0.717, 1.165) is 19.3 Å². The summed E-state index contributed by atoms with van der Waals surface area (Å²) in [6, 6.07) is 59.2. The molecule has 3 aliphatic carbocycles. The molecule has 2 aromatic heterocycles. The lowest BCUT2D eigenvalue weighted by Crippen LogP contribution is -2.27. The summed E-state index contributed by atoms with van der Waals surface area (Å²) in [5.74, 6) is 0. The van der Waals surface area contributed by atoms with Crippen molar-refractivity contribution in [2.24, 2.45) is 0 Å². The maximum absolute atomic E-state index is 2.57. The van der Waals surface area contributed by atoms with Crippen molar-refractivity contribution in [1.82, 2.24) is 9.13 Å². The smallest absolute Gasteiger partial charge is 0.0633 e. The van der Waals surface area contributed by atoms with E-state index in [0.29, 0.717) is 6.04 Å². The number of rotatable bonds is 4. The first-order valence-electron chi connectivity index (χ1n) is 21.5. The van der Waals surface area contributed by atoms with Gasteiger partial charge in [-0.3, -0.25) is 0 Å². The number of nitrogens with zero attached hydrogens (tertiary/aromatic N) is 3. The number of para-hydroxylation sites is 4. The molecule has 3 heteroatoms. The van der Waals surface area contributed by atoms with Crippen molar-refractivity contribution in [1.29, 1.82) is 0 Å². The fourth-order valence-corrected chi connectivity index (χ4v) is 11.3. The maximum atomic E-state index is 2.57. The molecule has 7 aromatic carbocycles. The Kier molecular flexibility index (Phi) is 7.02. The van der Waals surface area contributed by atoms with Crippen molar-refractivity contribution in [2.75, 3.05) is 4.90 Å². The fourth-order valence-electron chi connectivity index (χ4n) is 11.3. The first-order chi connectivity index (χ1) is 29.5. The van der Waals surface area contributed by atoms with Crippen LogP contribution in [0.15, 0.2) is 176 Å². The standard InChI is InChI=1S/C57H43N3/c1-57(2)49-33-40(27-28-41(49)45-34-48-44-21-11-13-23-52(44)59(56(48)35-50(45)57)39-17-7-4-8-18-39)60-53-24-14-10-20-43(53)47-32-37(26-30-55(47)60)36-25-29-54-46(31-36)42-19-9-12-22-51(42)58(54)38-15-5-3-6-16-38/h3-13,15-23,25-28,30-35,54H,14,24,29H2,1-2H3. The average Bonchev–Trinajstić information content (AvgIpc) is 3.99. The summed E-state index contributed by atoms with van der Waals surface area (Å²) in [7, 11) is 0. The molecule has 4 aliphatic rings. The van der Waals surface area contributed by atoms with Crippen molar-refractivity contribution < 1.29 is 0 Å². The molecule has 0 fully saturated rings. The van der Waals surface area contributed by atoms with Gasteiger partial charge in [0.05, 0.1) is 22.6 Å². The Morgan fingerprint density at radius 1 is 0.550 bits per heavy atom. The lowest BCUT2D eigenvalue weighted by molar-refractivity contribution is 0.660. The number of anilines is 2. The van der Waals surface area contributed by atoms with Crippen LogP contribution in [-0.2, 0) is 11.8 Å². The van der Waals surface area contributed by atoms with E-state index in [1.165, 1.54) is 111 Å². The van der Waals surface area contributed by atoms with Gasteiger partial charge < -0.3 is 14.0 Å². The van der Waals surface area contributed by atoms with Crippen LogP contribution in [0.5, 0.6) is 0 Å². The van der Waals surface area contributed by atoms with Crippen LogP contribution in [0, 0.1) is 0 Å². The van der Waals surface area contributed by atoms with Gasteiger partial charge in [-0.05, 0) is 137 Å². The van der Waals surface area contributed by atoms with Gasteiger partial charge in [0.15, 0.2) is 0 Å². The molecule has 13 rings (SSSR count). The van der Waals surface area contributed by atoms with Gasteiger partial charge in [-0.2, -0.15) is 0 Å². The maximum Gasteiger partial charge on any atom is 0.0633 e. The molecule has 0 bridgehead atoms. The summed E-state index contributed by atoms with van der Waals surface area (Å²) >= 11 is 0. The van der Waals surface area contributed by atoms with Gasteiger partial charge in [-0.25, -0.2) is 0 Å². The normalized spacial score (nSPS) is 17.0. The SMILES string of the molecule is CC1(C)c2cc(-n3c4c(c5cc(C6=CCC7C(=C6)c6ccccc6N7c6ccccc6)ccc53)C=CCC4)ccc2-c2cc3c4ccccc4n(-c4ccccc4)c3cc21. The molecule has 0 spiro atoms. The second-order valence-corrected chi connectivity index (χ2v) is 17.6. The first kappa shape index (κ1) is 33.8. The van der Waals surface area contributed by atoms with E-state index >= 15 is 0 Å². The van der Waals surface area contributed by atoms with Crippen LogP contribution in [0.25, 0.3) is 72.4 Å². The summed E-state index contributed by atoms with van der Waals surface area (Å²) in [6.45, 7) is 4.83. The third kappa shape index (κ3) is 4.66. The zero-order valence-electron chi connectivity index (χ0n) is 33.9. The number of benzene rings is 7. The van der Waals surface area contributed by atoms with Crippen LogP contribution in [-0.4, -0.2) is 15.2 Å². The topological polar surface area (TPSA) is 13.1 Å². The summed E-state index contributed by atoms with van der Waals surface area (Å²) in [5, 5.41) is 3.93. The highest BCUT2D eigenvalue weighted by Gasteiger charge is 2.38. The molecule has 1 unspecified atom stereocenters. The zero-order valence-corrected chi connectivity index (χ0v) is 33.9. The number of fused-ring (bicyclic) bond motifs is 12.